The van der Waals surface area contributed by atoms with Crippen LogP contribution in [0.4, 0.5) is 0 Å². The molecular weight excluding hydrogens is 368 g/mol. The van der Waals surface area contributed by atoms with Crippen molar-refractivity contribution in [1.82, 2.24) is 20.5 Å². The van der Waals surface area contributed by atoms with Crippen LogP contribution in [0.1, 0.15) is 26.7 Å². The zero-order valence-electron chi connectivity index (χ0n) is 16.1. The summed E-state index contributed by atoms with van der Waals surface area (Å²) < 4.78 is 0. The molecule has 1 N–H and O–H groups in total. The molecule has 1 aromatic heterocycles. The van der Waals surface area contributed by atoms with Crippen molar-refractivity contribution in [3.8, 4) is 22.5 Å². The summed E-state index contributed by atoms with van der Waals surface area (Å²) in [4.78, 5) is 16.9. The Morgan fingerprint density at radius 3 is 2.18 bits per heavy atom. The Balaban J connectivity index is 1.82. The van der Waals surface area contributed by atoms with Gasteiger partial charge in [0.25, 0.3) is 0 Å². The minimum absolute atomic E-state index is 0.0112. The molecule has 1 heterocycles. The zero-order chi connectivity index (χ0) is 19.8. The van der Waals surface area contributed by atoms with Crippen molar-refractivity contribution in [1.29, 1.82) is 0 Å². The molecule has 6 heteroatoms. The van der Waals surface area contributed by atoms with Gasteiger partial charge in [-0.25, -0.2) is 4.98 Å². The molecule has 1 amide bonds. The monoisotopic (exact) mass is 392 g/mol. The third-order valence-electron chi connectivity index (χ3n) is 4.22. The molecule has 0 spiro atoms. The Morgan fingerprint density at radius 1 is 0.964 bits per heavy atom. The third-order valence-corrected chi connectivity index (χ3v) is 5.06. The average Bonchev–Trinajstić information content (AvgIpc) is 2.73. The van der Waals surface area contributed by atoms with Gasteiger partial charge in [-0.3, -0.25) is 4.79 Å². The van der Waals surface area contributed by atoms with Gasteiger partial charge in [0.05, 0.1) is 5.75 Å². The van der Waals surface area contributed by atoms with Crippen molar-refractivity contribution in [3.63, 3.8) is 0 Å². The summed E-state index contributed by atoms with van der Waals surface area (Å²) in [5.41, 5.74) is 3.43. The molecular formula is C22H24N4OS. The topological polar surface area (TPSA) is 67.8 Å². The predicted molar refractivity (Wildman–Crippen MR) is 114 cm³/mol. The van der Waals surface area contributed by atoms with Gasteiger partial charge in [-0.15, -0.1) is 10.2 Å². The van der Waals surface area contributed by atoms with E-state index in [1.54, 1.807) is 0 Å². The van der Waals surface area contributed by atoms with E-state index >= 15 is 0 Å². The van der Waals surface area contributed by atoms with E-state index in [-0.39, 0.29) is 17.7 Å². The van der Waals surface area contributed by atoms with Crippen molar-refractivity contribution in [2.45, 2.75) is 37.9 Å². The van der Waals surface area contributed by atoms with E-state index in [2.05, 4.69) is 22.4 Å². The summed E-state index contributed by atoms with van der Waals surface area (Å²) in [5, 5.41) is 12.2. The Morgan fingerprint density at radius 2 is 1.57 bits per heavy atom. The second-order valence-corrected chi connectivity index (χ2v) is 7.51. The highest BCUT2D eigenvalue weighted by Crippen LogP contribution is 2.29. The number of nitrogens with one attached hydrogen (secondary N) is 1. The Bertz CT molecular complexity index is 903. The lowest BCUT2D eigenvalue weighted by Crippen LogP contribution is -2.33. The minimum Gasteiger partial charge on any atom is -0.353 e. The Kier molecular flexibility index (Phi) is 7.14. The smallest absolute Gasteiger partial charge is 0.230 e. The van der Waals surface area contributed by atoms with Crippen molar-refractivity contribution in [3.05, 3.63) is 60.7 Å². The molecule has 1 atom stereocenters. The van der Waals surface area contributed by atoms with Crippen molar-refractivity contribution >= 4 is 17.7 Å². The minimum atomic E-state index is -0.0112. The summed E-state index contributed by atoms with van der Waals surface area (Å²) in [7, 11) is 0. The number of hydrogen-bond acceptors (Lipinski definition) is 5. The number of nitrogens with zero attached hydrogens (tertiary/aromatic N) is 3. The predicted octanol–water partition coefficient (Wildman–Crippen LogP) is 4.60. The summed E-state index contributed by atoms with van der Waals surface area (Å²) in [5.74, 6) is 0.261. The second-order valence-electron chi connectivity index (χ2n) is 6.57. The maximum atomic E-state index is 12.1. The second kappa shape index (κ2) is 9.99. The molecule has 0 aliphatic rings. The number of carbonyl (C=O) groups excluding carboxylic acids is 1. The lowest BCUT2D eigenvalue weighted by atomic mass is 10.0. The molecule has 2 aromatic carbocycles. The fourth-order valence-corrected chi connectivity index (χ4v) is 3.51. The first kappa shape index (κ1) is 20.0. The van der Waals surface area contributed by atoms with Crippen LogP contribution in [0.15, 0.2) is 65.8 Å². The number of thioether (sulfide) groups is 1. The van der Waals surface area contributed by atoms with Gasteiger partial charge in [-0.2, -0.15) is 0 Å². The molecule has 28 heavy (non-hydrogen) atoms. The molecule has 0 saturated carbocycles. The van der Waals surface area contributed by atoms with E-state index in [9.17, 15) is 4.79 Å². The van der Waals surface area contributed by atoms with Crippen molar-refractivity contribution < 1.29 is 4.79 Å². The van der Waals surface area contributed by atoms with E-state index in [4.69, 9.17) is 4.98 Å². The molecule has 0 bridgehead atoms. The van der Waals surface area contributed by atoms with Gasteiger partial charge in [0, 0.05) is 17.2 Å². The highest BCUT2D eigenvalue weighted by atomic mass is 32.2. The first-order chi connectivity index (χ1) is 13.7. The van der Waals surface area contributed by atoms with Gasteiger partial charge < -0.3 is 5.32 Å². The van der Waals surface area contributed by atoms with Crippen molar-refractivity contribution in [2.75, 3.05) is 5.75 Å². The number of benzene rings is 2. The SMILES string of the molecule is CCC[C@H](C)NC(=O)CSc1nnc(-c2ccccc2)c(-c2ccccc2)n1. The molecule has 144 valence electrons. The number of carbonyl (C=O) groups is 1. The van der Waals surface area contributed by atoms with E-state index < -0.39 is 0 Å². The lowest BCUT2D eigenvalue weighted by molar-refractivity contribution is -0.119. The van der Waals surface area contributed by atoms with Gasteiger partial charge in [0.2, 0.25) is 11.1 Å². The lowest BCUT2D eigenvalue weighted by Gasteiger charge is -2.12. The number of amides is 1. The number of aromatic nitrogens is 3. The molecule has 0 saturated heterocycles. The van der Waals surface area contributed by atoms with E-state index in [1.807, 2.05) is 67.6 Å². The first-order valence-corrected chi connectivity index (χ1v) is 10.4. The zero-order valence-corrected chi connectivity index (χ0v) is 16.9. The molecule has 3 rings (SSSR count). The highest BCUT2D eigenvalue weighted by molar-refractivity contribution is 7.99. The van der Waals surface area contributed by atoms with Gasteiger partial charge in [-0.1, -0.05) is 85.8 Å². The molecule has 0 aliphatic heterocycles. The van der Waals surface area contributed by atoms with Crippen LogP contribution in [0.2, 0.25) is 0 Å². The fraction of sp³-hybridized carbons (Fsp3) is 0.273. The van der Waals surface area contributed by atoms with Crippen LogP contribution in [0.5, 0.6) is 0 Å². The summed E-state index contributed by atoms with van der Waals surface area (Å²) in [6.45, 7) is 4.13. The van der Waals surface area contributed by atoms with Crippen LogP contribution < -0.4 is 5.32 Å². The van der Waals surface area contributed by atoms with Crippen LogP contribution >= 0.6 is 11.8 Å². The summed E-state index contributed by atoms with van der Waals surface area (Å²) in [6, 6.07) is 20.0. The van der Waals surface area contributed by atoms with Gasteiger partial charge >= 0.3 is 0 Å². The summed E-state index contributed by atoms with van der Waals surface area (Å²) >= 11 is 1.30. The van der Waals surface area contributed by atoms with Gasteiger partial charge in [-0.05, 0) is 13.3 Å². The van der Waals surface area contributed by atoms with E-state index in [1.165, 1.54) is 11.8 Å². The maximum Gasteiger partial charge on any atom is 0.230 e. The van der Waals surface area contributed by atoms with Crippen LogP contribution in [0.25, 0.3) is 22.5 Å². The Hall–Kier alpha value is -2.73. The van der Waals surface area contributed by atoms with Gasteiger partial charge in [0.15, 0.2) is 0 Å². The standard InChI is InChI=1S/C22H24N4OS/c1-3-10-16(2)23-19(27)15-28-22-24-20(17-11-6-4-7-12-17)21(25-26-22)18-13-8-5-9-14-18/h4-9,11-14,16H,3,10,15H2,1-2H3,(H,23,27)/t16-/m0/s1. The maximum absolute atomic E-state index is 12.1. The molecule has 5 nitrogen and oxygen atoms in total. The van der Waals surface area contributed by atoms with Crippen molar-refractivity contribution in [2.24, 2.45) is 0 Å². The summed E-state index contributed by atoms with van der Waals surface area (Å²) in [6.07, 6.45) is 2.02. The van der Waals surface area contributed by atoms with E-state index in [0.29, 0.717) is 5.16 Å². The molecule has 3 aromatic rings. The highest BCUT2D eigenvalue weighted by Gasteiger charge is 2.15. The average molecular weight is 393 g/mol. The van der Waals surface area contributed by atoms with Crippen LogP contribution in [-0.2, 0) is 4.79 Å². The quantitative estimate of drug-likeness (QED) is 0.567. The largest absolute Gasteiger partial charge is 0.353 e. The number of hydrogen-bond donors (Lipinski definition) is 1. The molecule has 0 fully saturated rings. The first-order valence-electron chi connectivity index (χ1n) is 9.45. The normalized spacial score (nSPS) is 11.8. The van der Waals surface area contributed by atoms with E-state index in [0.717, 1.165) is 35.4 Å². The molecule has 0 radical (unpaired) electrons. The fourth-order valence-electron chi connectivity index (χ4n) is 2.91. The third kappa shape index (κ3) is 5.39. The van der Waals surface area contributed by atoms with Crippen LogP contribution in [-0.4, -0.2) is 32.9 Å². The molecule has 0 unspecified atom stereocenters. The molecule has 0 aliphatic carbocycles. The number of rotatable bonds is 8. The van der Waals surface area contributed by atoms with Crippen LogP contribution in [0.3, 0.4) is 0 Å². The van der Waals surface area contributed by atoms with Gasteiger partial charge in [0.1, 0.15) is 11.4 Å². The Labute approximate surface area is 170 Å². The van der Waals surface area contributed by atoms with Crippen LogP contribution in [0, 0.1) is 0 Å².